The van der Waals surface area contributed by atoms with Crippen molar-refractivity contribution in [3.8, 4) is 5.75 Å². The molecule has 0 atom stereocenters. The monoisotopic (exact) mass is 332 g/mol. The molecule has 3 rings (SSSR count). The highest BCUT2D eigenvalue weighted by atomic mass is 16.6. The van der Waals surface area contributed by atoms with Gasteiger partial charge in [-0.3, -0.25) is 15.0 Å². The van der Waals surface area contributed by atoms with Gasteiger partial charge in [-0.2, -0.15) is 0 Å². The quantitative estimate of drug-likeness (QED) is 0.568. The van der Waals surface area contributed by atoms with E-state index in [2.05, 4.69) is 10.2 Å². The minimum atomic E-state index is -0.439. The molecule has 1 aromatic carbocycles. The number of ether oxygens (including phenoxy) is 1. The molecular weight excluding hydrogens is 312 g/mol. The van der Waals surface area contributed by atoms with Crippen molar-refractivity contribution < 1.29 is 14.1 Å². The van der Waals surface area contributed by atoms with E-state index in [9.17, 15) is 10.1 Å². The van der Waals surface area contributed by atoms with Crippen LogP contribution < -0.4 is 4.74 Å². The van der Waals surface area contributed by atoms with Gasteiger partial charge in [0, 0.05) is 18.5 Å². The summed E-state index contributed by atoms with van der Waals surface area (Å²) in [5.41, 5.74) is 0.789. The average molecular weight is 332 g/mol. The molecule has 24 heavy (non-hydrogen) atoms. The summed E-state index contributed by atoms with van der Waals surface area (Å²) in [6, 6.07) is 4.96. The predicted octanol–water partition coefficient (Wildman–Crippen LogP) is 2.89. The highest BCUT2D eigenvalue weighted by molar-refractivity contribution is 5.48. The molecule has 0 spiro atoms. The Hall–Kier alpha value is -2.48. The fraction of sp³-hybridized carbons (Fsp3) is 0.500. The second-order valence-electron chi connectivity index (χ2n) is 6.10. The lowest BCUT2D eigenvalue weighted by Crippen LogP contribution is -2.17. The van der Waals surface area contributed by atoms with Crippen LogP contribution in [0.1, 0.15) is 42.5 Å². The molecule has 0 saturated heterocycles. The molecule has 1 saturated carbocycles. The van der Waals surface area contributed by atoms with Crippen LogP contribution in [0, 0.1) is 10.1 Å². The van der Waals surface area contributed by atoms with E-state index < -0.39 is 4.92 Å². The van der Waals surface area contributed by atoms with Gasteiger partial charge < -0.3 is 9.15 Å². The van der Waals surface area contributed by atoms with Crippen LogP contribution in [0.25, 0.3) is 0 Å². The molecule has 0 unspecified atom stereocenters. The minimum absolute atomic E-state index is 0.0338. The van der Waals surface area contributed by atoms with Gasteiger partial charge in [0.05, 0.1) is 18.6 Å². The maximum absolute atomic E-state index is 11.1. The zero-order valence-electron chi connectivity index (χ0n) is 13.8. The Kier molecular flexibility index (Phi) is 4.75. The van der Waals surface area contributed by atoms with Crippen LogP contribution in [0.4, 0.5) is 5.69 Å². The minimum Gasteiger partial charge on any atom is -0.490 e. The molecule has 8 nitrogen and oxygen atoms in total. The molecule has 1 fully saturated rings. The van der Waals surface area contributed by atoms with Gasteiger partial charge in [0.2, 0.25) is 11.8 Å². The summed E-state index contributed by atoms with van der Waals surface area (Å²) in [5.74, 6) is 1.97. The molecule has 0 bridgehead atoms. The number of hydrogen-bond donors (Lipinski definition) is 0. The summed E-state index contributed by atoms with van der Waals surface area (Å²) in [7, 11) is 3.33. The second-order valence-corrected chi connectivity index (χ2v) is 6.10. The van der Waals surface area contributed by atoms with E-state index >= 15 is 0 Å². The zero-order chi connectivity index (χ0) is 17.1. The van der Waals surface area contributed by atoms with Gasteiger partial charge in [-0.1, -0.05) is 12.5 Å². The highest BCUT2D eigenvalue weighted by Gasteiger charge is 2.25. The summed E-state index contributed by atoms with van der Waals surface area (Å²) >= 11 is 0. The van der Waals surface area contributed by atoms with Gasteiger partial charge >= 0.3 is 5.69 Å². The Balaban J connectivity index is 1.63. The fourth-order valence-corrected chi connectivity index (χ4v) is 2.73. The third-order valence-electron chi connectivity index (χ3n) is 4.23. The lowest BCUT2D eigenvalue weighted by atomic mass is 9.85. The number of nitro groups is 1. The Morgan fingerprint density at radius 1 is 1.38 bits per heavy atom. The Morgan fingerprint density at radius 3 is 2.79 bits per heavy atom. The molecule has 2 aromatic rings. The zero-order valence-corrected chi connectivity index (χ0v) is 13.8. The van der Waals surface area contributed by atoms with E-state index in [1.54, 1.807) is 6.07 Å². The lowest BCUT2D eigenvalue weighted by Gasteiger charge is -2.20. The Morgan fingerprint density at radius 2 is 2.17 bits per heavy atom. The summed E-state index contributed by atoms with van der Waals surface area (Å²) in [4.78, 5) is 12.6. The first kappa shape index (κ1) is 16.4. The van der Waals surface area contributed by atoms with Gasteiger partial charge in [-0.15, -0.1) is 10.2 Å². The van der Waals surface area contributed by atoms with Gasteiger partial charge in [0.1, 0.15) is 0 Å². The summed E-state index contributed by atoms with van der Waals surface area (Å²) in [6.07, 6.45) is 3.46. The standard InChI is InChI=1S/C16H20N4O4/c1-19(10-15-17-18-16(24-15)12-4-3-5-12)9-11-6-7-14(23-2)13(8-11)20(21)22/h6-8,12H,3-5,9-10H2,1-2H3. The van der Waals surface area contributed by atoms with Crippen molar-refractivity contribution in [3.05, 3.63) is 45.7 Å². The molecule has 128 valence electrons. The molecule has 0 amide bonds. The molecule has 1 aromatic heterocycles. The van der Waals surface area contributed by atoms with E-state index in [4.69, 9.17) is 9.15 Å². The molecule has 0 radical (unpaired) electrons. The number of benzene rings is 1. The maximum Gasteiger partial charge on any atom is 0.311 e. The van der Waals surface area contributed by atoms with Crippen LogP contribution in [0.3, 0.4) is 0 Å². The molecule has 0 aliphatic heterocycles. The molecule has 0 N–H and O–H groups in total. The first-order valence-corrected chi connectivity index (χ1v) is 7.89. The summed E-state index contributed by atoms with van der Waals surface area (Å²) in [6.45, 7) is 1.03. The third-order valence-corrected chi connectivity index (χ3v) is 4.23. The van der Waals surface area contributed by atoms with Gasteiger partial charge in [0.25, 0.3) is 0 Å². The molecule has 1 heterocycles. The van der Waals surface area contributed by atoms with E-state index in [-0.39, 0.29) is 11.4 Å². The van der Waals surface area contributed by atoms with Crippen LogP contribution in [-0.4, -0.2) is 34.2 Å². The van der Waals surface area contributed by atoms with E-state index in [0.29, 0.717) is 24.9 Å². The molecular formula is C16H20N4O4. The molecule has 1 aliphatic carbocycles. The molecule has 1 aliphatic rings. The van der Waals surface area contributed by atoms with Gasteiger partial charge in [-0.25, -0.2) is 0 Å². The maximum atomic E-state index is 11.1. The van der Waals surface area contributed by atoms with Gasteiger partial charge in [-0.05, 0) is 31.5 Å². The average Bonchev–Trinajstić information content (AvgIpc) is 2.93. The van der Waals surface area contributed by atoms with Crippen molar-refractivity contribution >= 4 is 5.69 Å². The number of hydrogen-bond acceptors (Lipinski definition) is 7. The van der Waals surface area contributed by atoms with Crippen LogP contribution in [0.15, 0.2) is 22.6 Å². The Bertz CT molecular complexity index is 727. The normalized spacial score (nSPS) is 14.6. The fourth-order valence-electron chi connectivity index (χ4n) is 2.73. The predicted molar refractivity (Wildman–Crippen MR) is 85.7 cm³/mol. The Labute approximate surface area is 139 Å². The van der Waals surface area contributed by atoms with Crippen LogP contribution in [-0.2, 0) is 13.1 Å². The first-order chi connectivity index (χ1) is 11.6. The number of methoxy groups -OCH3 is 1. The van der Waals surface area contributed by atoms with Crippen molar-refractivity contribution in [2.75, 3.05) is 14.2 Å². The SMILES string of the molecule is COc1ccc(CN(C)Cc2nnc(C3CCC3)o2)cc1[N+](=O)[O-]. The van der Waals surface area contributed by atoms with Gasteiger partial charge in [0.15, 0.2) is 5.75 Å². The second kappa shape index (κ2) is 6.96. The lowest BCUT2D eigenvalue weighted by molar-refractivity contribution is -0.385. The number of nitrogens with zero attached hydrogens (tertiary/aromatic N) is 4. The van der Waals surface area contributed by atoms with Crippen molar-refractivity contribution in [1.82, 2.24) is 15.1 Å². The van der Waals surface area contributed by atoms with Crippen LogP contribution >= 0.6 is 0 Å². The van der Waals surface area contributed by atoms with Crippen LogP contribution in [0.2, 0.25) is 0 Å². The smallest absolute Gasteiger partial charge is 0.311 e. The third kappa shape index (κ3) is 3.53. The number of rotatable bonds is 7. The first-order valence-electron chi connectivity index (χ1n) is 7.89. The number of aromatic nitrogens is 2. The van der Waals surface area contributed by atoms with E-state index in [1.807, 2.05) is 18.0 Å². The van der Waals surface area contributed by atoms with Crippen molar-refractivity contribution in [3.63, 3.8) is 0 Å². The van der Waals surface area contributed by atoms with Crippen molar-refractivity contribution in [1.29, 1.82) is 0 Å². The number of nitro benzene ring substituents is 1. The van der Waals surface area contributed by atoms with E-state index in [1.165, 1.54) is 19.6 Å². The van der Waals surface area contributed by atoms with E-state index in [0.717, 1.165) is 24.3 Å². The largest absolute Gasteiger partial charge is 0.490 e. The van der Waals surface area contributed by atoms with Crippen molar-refractivity contribution in [2.24, 2.45) is 0 Å². The highest BCUT2D eigenvalue weighted by Crippen LogP contribution is 2.35. The molecule has 8 heteroatoms. The summed E-state index contributed by atoms with van der Waals surface area (Å²) in [5, 5.41) is 19.3. The topological polar surface area (TPSA) is 94.5 Å². The van der Waals surface area contributed by atoms with Crippen LogP contribution in [0.5, 0.6) is 5.75 Å². The van der Waals surface area contributed by atoms with Crippen molar-refractivity contribution in [2.45, 2.75) is 38.3 Å². The summed E-state index contributed by atoms with van der Waals surface area (Å²) < 4.78 is 10.7.